The van der Waals surface area contributed by atoms with Gasteiger partial charge >= 0.3 is 5.97 Å². The smallest absolute Gasteiger partial charge is 0.336 e. The molecule has 1 aromatic rings. The molecule has 0 bridgehead atoms. The zero-order chi connectivity index (χ0) is 11.6. The molecule has 16 heavy (non-hydrogen) atoms. The van der Waals surface area contributed by atoms with Crippen LogP contribution in [0.1, 0.15) is 0 Å². The van der Waals surface area contributed by atoms with E-state index < -0.39 is 5.54 Å². The summed E-state index contributed by atoms with van der Waals surface area (Å²) in [4.78, 5) is 11.6. The lowest BCUT2D eigenvalue weighted by molar-refractivity contribution is -0.161. The first-order valence-corrected chi connectivity index (χ1v) is 5.65. The van der Waals surface area contributed by atoms with Crippen molar-refractivity contribution >= 4 is 27.6 Å². The van der Waals surface area contributed by atoms with Gasteiger partial charge in [0.1, 0.15) is 0 Å². The standard InChI is InChI=1S/C11H12BrNO3/c1-15-10(14)11(6-16-7-11)13-9-4-2-3-8(12)5-9/h2-5,13H,6-7H2,1H3. The van der Waals surface area contributed by atoms with Crippen molar-refractivity contribution in [1.82, 2.24) is 0 Å². The Morgan fingerprint density at radius 1 is 1.56 bits per heavy atom. The molecule has 1 aliphatic rings. The average molecular weight is 286 g/mol. The number of methoxy groups -OCH3 is 1. The van der Waals surface area contributed by atoms with Gasteiger partial charge < -0.3 is 14.8 Å². The van der Waals surface area contributed by atoms with Gasteiger partial charge in [-0.2, -0.15) is 0 Å². The molecule has 0 aliphatic carbocycles. The minimum Gasteiger partial charge on any atom is -0.467 e. The zero-order valence-electron chi connectivity index (χ0n) is 8.83. The number of hydrogen-bond donors (Lipinski definition) is 1. The SMILES string of the molecule is COC(=O)C1(Nc2cccc(Br)c2)COC1. The fraction of sp³-hybridized carbons (Fsp3) is 0.364. The van der Waals surface area contributed by atoms with E-state index in [1.807, 2.05) is 24.3 Å². The molecule has 5 heteroatoms. The quantitative estimate of drug-likeness (QED) is 0.861. The highest BCUT2D eigenvalue weighted by Crippen LogP contribution is 2.26. The number of anilines is 1. The third-order valence-electron chi connectivity index (χ3n) is 2.48. The molecule has 1 saturated heterocycles. The van der Waals surface area contributed by atoms with E-state index in [0.29, 0.717) is 13.2 Å². The summed E-state index contributed by atoms with van der Waals surface area (Å²) >= 11 is 3.38. The van der Waals surface area contributed by atoms with Crippen LogP contribution in [0, 0.1) is 0 Å². The van der Waals surface area contributed by atoms with Gasteiger partial charge in [-0.3, -0.25) is 0 Å². The summed E-state index contributed by atoms with van der Waals surface area (Å²) in [5.74, 6) is -0.293. The van der Waals surface area contributed by atoms with Crippen LogP contribution >= 0.6 is 15.9 Å². The lowest BCUT2D eigenvalue weighted by atomic mass is 9.97. The largest absolute Gasteiger partial charge is 0.467 e. The summed E-state index contributed by atoms with van der Waals surface area (Å²) < 4.78 is 10.8. The monoisotopic (exact) mass is 285 g/mol. The number of esters is 1. The Morgan fingerprint density at radius 2 is 2.31 bits per heavy atom. The van der Waals surface area contributed by atoms with Crippen LogP contribution in [0.3, 0.4) is 0 Å². The first-order valence-electron chi connectivity index (χ1n) is 4.86. The van der Waals surface area contributed by atoms with Crippen LogP contribution in [0.15, 0.2) is 28.7 Å². The number of rotatable bonds is 3. The number of carbonyl (C=O) groups is 1. The highest BCUT2D eigenvalue weighted by atomic mass is 79.9. The number of nitrogens with one attached hydrogen (secondary N) is 1. The highest BCUT2D eigenvalue weighted by Gasteiger charge is 2.47. The van der Waals surface area contributed by atoms with E-state index in [1.54, 1.807) is 0 Å². The van der Waals surface area contributed by atoms with Gasteiger partial charge in [-0.1, -0.05) is 22.0 Å². The van der Waals surface area contributed by atoms with E-state index in [2.05, 4.69) is 21.2 Å². The van der Waals surface area contributed by atoms with Crippen LogP contribution in [0.25, 0.3) is 0 Å². The van der Waals surface area contributed by atoms with Gasteiger partial charge in [0.15, 0.2) is 5.54 Å². The molecule has 0 radical (unpaired) electrons. The Morgan fingerprint density at radius 3 is 2.81 bits per heavy atom. The summed E-state index contributed by atoms with van der Waals surface area (Å²) in [5, 5.41) is 3.15. The Kier molecular flexibility index (Phi) is 3.16. The van der Waals surface area contributed by atoms with Crippen LogP contribution < -0.4 is 5.32 Å². The summed E-state index contributed by atoms with van der Waals surface area (Å²) in [6, 6.07) is 7.63. The molecule has 0 unspecified atom stereocenters. The molecule has 1 aliphatic heterocycles. The molecule has 1 heterocycles. The molecule has 0 aromatic heterocycles. The van der Waals surface area contributed by atoms with Gasteiger partial charge in [-0.25, -0.2) is 4.79 Å². The fourth-order valence-corrected chi connectivity index (χ4v) is 1.98. The molecule has 1 fully saturated rings. The second-order valence-electron chi connectivity index (χ2n) is 3.70. The molecule has 1 N–H and O–H groups in total. The first kappa shape index (κ1) is 11.4. The van der Waals surface area contributed by atoms with Gasteiger partial charge in [0, 0.05) is 10.2 Å². The minimum atomic E-state index is -0.727. The van der Waals surface area contributed by atoms with Gasteiger partial charge in [0.25, 0.3) is 0 Å². The van der Waals surface area contributed by atoms with Crippen molar-refractivity contribution in [3.05, 3.63) is 28.7 Å². The topological polar surface area (TPSA) is 47.6 Å². The van der Waals surface area contributed by atoms with Crippen LogP contribution in [0.4, 0.5) is 5.69 Å². The van der Waals surface area contributed by atoms with E-state index in [4.69, 9.17) is 9.47 Å². The Labute approximate surface area is 102 Å². The lowest BCUT2D eigenvalue weighted by Crippen LogP contribution is -2.62. The molecule has 4 nitrogen and oxygen atoms in total. The number of halogens is 1. The Hall–Kier alpha value is -1.07. The van der Waals surface area contributed by atoms with Crippen molar-refractivity contribution in [3.63, 3.8) is 0 Å². The predicted octanol–water partition coefficient (Wildman–Crippen LogP) is 1.80. The number of benzene rings is 1. The number of carbonyl (C=O) groups excluding carboxylic acids is 1. The van der Waals surface area contributed by atoms with Crippen molar-refractivity contribution in [2.24, 2.45) is 0 Å². The summed E-state index contributed by atoms with van der Waals surface area (Å²) in [6.45, 7) is 0.679. The van der Waals surface area contributed by atoms with Crippen LogP contribution in [-0.4, -0.2) is 31.8 Å². The highest BCUT2D eigenvalue weighted by molar-refractivity contribution is 9.10. The van der Waals surface area contributed by atoms with Crippen LogP contribution in [-0.2, 0) is 14.3 Å². The van der Waals surface area contributed by atoms with Crippen molar-refractivity contribution in [3.8, 4) is 0 Å². The van der Waals surface area contributed by atoms with Gasteiger partial charge in [0.2, 0.25) is 0 Å². The van der Waals surface area contributed by atoms with E-state index in [-0.39, 0.29) is 5.97 Å². The minimum absolute atomic E-state index is 0.293. The maximum atomic E-state index is 11.6. The molecule has 0 atom stereocenters. The first-order chi connectivity index (χ1) is 7.66. The van der Waals surface area contributed by atoms with Gasteiger partial charge in [-0.15, -0.1) is 0 Å². The van der Waals surface area contributed by atoms with Crippen molar-refractivity contribution in [1.29, 1.82) is 0 Å². The molecular weight excluding hydrogens is 274 g/mol. The van der Waals surface area contributed by atoms with Gasteiger partial charge in [-0.05, 0) is 18.2 Å². The normalized spacial score (nSPS) is 17.4. The number of hydrogen-bond acceptors (Lipinski definition) is 4. The maximum absolute atomic E-state index is 11.6. The second kappa shape index (κ2) is 4.43. The van der Waals surface area contributed by atoms with Gasteiger partial charge in [0.05, 0.1) is 20.3 Å². The van der Waals surface area contributed by atoms with Crippen LogP contribution in [0.5, 0.6) is 0 Å². The van der Waals surface area contributed by atoms with Crippen molar-refractivity contribution in [2.45, 2.75) is 5.54 Å². The third kappa shape index (κ3) is 2.05. The number of ether oxygens (including phenoxy) is 2. The Bertz CT molecular complexity index is 404. The molecular formula is C11H12BrNO3. The molecule has 0 spiro atoms. The molecule has 0 amide bonds. The maximum Gasteiger partial charge on any atom is 0.336 e. The lowest BCUT2D eigenvalue weighted by Gasteiger charge is -2.39. The molecule has 1 aromatic carbocycles. The van der Waals surface area contributed by atoms with Crippen molar-refractivity contribution < 1.29 is 14.3 Å². The zero-order valence-corrected chi connectivity index (χ0v) is 10.4. The van der Waals surface area contributed by atoms with E-state index in [1.165, 1.54) is 7.11 Å². The summed E-state index contributed by atoms with van der Waals surface area (Å²) in [6.07, 6.45) is 0. The molecule has 86 valence electrons. The molecule has 2 rings (SSSR count). The average Bonchev–Trinajstić information content (AvgIpc) is 2.22. The summed E-state index contributed by atoms with van der Waals surface area (Å²) in [7, 11) is 1.38. The van der Waals surface area contributed by atoms with Crippen molar-refractivity contribution in [2.75, 3.05) is 25.6 Å². The fourth-order valence-electron chi connectivity index (χ4n) is 1.59. The predicted molar refractivity (Wildman–Crippen MR) is 63.3 cm³/mol. The van der Waals surface area contributed by atoms with E-state index >= 15 is 0 Å². The second-order valence-corrected chi connectivity index (χ2v) is 4.62. The van der Waals surface area contributed by atoms with E-state index in [0.717, 1.165) is 10.2 Å². The molecule has 0 saturated carbocycles. The summed E-state index contributed by atoms with van der Waals surface area (Å²) in [5.41, 5.74) is 0.137. The van der Waals surface area contributed by atoms with E-state index in [9.17, 15) is 4.79 Å². The third-order valence-corrected chi connectivity index (χ3v) is 2.97. The Balaban J connectivity index is 2.16. The van der Waals surface area contributed by atoms with Crippen LogP contribution in [0.2, 0.25) is 0 Å².